The van der Waals surface area contributed by atoms with Gasteiger partial charge in [-0.05, 0) is 48.9 Å². The average Bonchev–Trinajstić information content (AvgIpc) is 3.57. The minimum Gasteiger partial charge on any atom is -0.490 e. The fourth-order valence-electron chi connectivity index (χ4n) is 6.67. The van der Waals surface area contributed by atoms with E-state index in [9.17, 15) is 27.9 Å². The first kappa shape index (κ1) is 34.3. The SMILES string of the molecule is Cc1nc2c3c(c(C(F)(F)F)cc2n1C)-c1cccn2c(C(=O)c4cc(F)c(NC(=O)/C=C/C[NH2+]CC5(CO)COC5)c(F)c4)cc(c12)CCO3. The zero-order chi connectivity index (χ0) is 36.2. The van der Waals surface area contributed by atoms with Gasteiger partial charge in [0.25, 0.3) is 0 Å². The molecule has 5 aromatic rings. The topological polar surface area (TPSA) is 124 Å². The smallest absolute Gasteiger partial charge is 0.417 e. The Morgan fingerprint density at radius 1 is 1.16 bits per heavy atom. The maximum absolute atomic E-state index is 15.2. The molecule has 10 nitrogen and oxygen atoms in total. The lowest BCUT2D eigenvalue weighted by Gasteiger charge is -2.37. The number of fused-ring (bicyclic) bond motifs is 4. The molecule has 51 heavy (non-hydrogen) atoms. The summed E-state index contributed by atoms with van der Waals surface area (Å²) in [7, 11) is 1.62. The van der Waals surface area contributed by atoms with Crippen molar-refractivity contribution in [1.29, 1.82) is 0 Å². The van der Waals surface area contributed by atoms with Crippen LogP contribution in [-0.4, -0.2) is 70.3 Å². The Hall–Kier alpha value is -5.12. The number of aryl methyl sites for hydroxylation is 2. The second-order valence-corrected chi connectivity index (χ2v) is 12.9. The number of ether oxygens (including phenoxy) is 2. The van der Waals surface area contributed by atoms with Crippen LogP contribution in [0.1, 0.15) is 33.0 Å². The van der Waals surface area contributed by atoms with Crippen LogP contribution in [0.15, 0.2) is 54.7 Å². The number of halogens is 5. The molecule has 1 fully saturated rings. The van der Waals surface area contributed by atoms with E-state index in [2.05, 4.69) is 10.3 Å². The third-order valence-electron chi connectivity index (χ3n) is 9.50. The van der Waals surface area contributed by atoms with Crippen molar-refractivity contribution in [2.45, 2.75) is 19.5 Å². The number of ketones is 1. The molecule has 0 spiro atoms. The number of benzene rings is 2. The van der Waals surface area contributed by atoms with Crippen LogP contribution in [0.25, 0.3) is 27.7 Å². The lowest BCUT2D eigenvalue weighted by molar-refractivity contribution is -0.663. The van der Waals surface area contributed by atoms with Crippen molar-refractivity contribution in [3.8, 4) is 16.9 Å². The van der Waals surface area contributed by atoms with Crippen LogP contribution < -0.4 is 15.4 Å². The maximum Gasteiger partial charge on any atom is 0.417 e. The van der Waals surface area contributed by atoms with Crippen molar-refractivity contribution in [3.63, 3.8) is 0 Å². The zero-order valence-electron chi connectivity index (χ0n) is 27.5. The van der Waals surface area contributed by atoms with Gasteiger partial charge in [0.15, 0.2) is 5.75 Å². The number of imidazole rings is 1. The molecule has 0 saturated carbocycles. The van der Waals surface area contributed by atoms with E-state index >= 15 is 8.78 Å². The number of nitrogens with zero attached hydrogens (tertiary/aromatic N) is 3. The molecule has 0 unspecified atom stereocenters. The van der Waals surface area contributed by atoms with Crippen LogP contribution in [0.3, 0.4) is 0 Å². The number of nitrogens with two attached hydrogens (primary N) is 1. The van der Waals surface area contributed by atoms with Crippen LogP contribution in [0.4, 0.5) is 27.6 Å². The Morgan fingerprint density at radius 2 is 1.90 bits per heavy atom. The number of nitrogens with one attached hydrogen (secondary N) is 1. The summed E-state index contributed by atoms with van der Waals surface area (Å²) in [5, 5.41) is 13.5. The summed E-state index contributed by atoms with van der Waals surface area (Å²) in [5.74, 6) is -3.48. The molecule has 3 aromatic heterocycles. The van der Waals surface area contributed by atoms with Gasteiger partial charge in [-0.2, -0.15) is 13.2 Å². The minimum absolute atomic E-state index is 0.0186. The maximum atomic E-state index is 15.2. The van der Waals surface area contributed by atoms with Crippen LogP contribution in [0, 0.1) is 24.0 Å². The lowest BCUT2D eigenvalue weighted by Crippen LogP contribution is -2.88. The van der Waals surface area contributed by atoms with Crippen LogP contribution in [-0.2, 0) is 29.2 Å². The number of carbonyl (C=O) groups is 2. The van der Waals surface area contributed by atoms with Crippen molar-refractivity contribution in [3.05, 3.63) is 94.6 Å². The van der Waals surface area contributed by atoms with Gasteiger partial charge in [0.05, 0.1) is 67.2 Å². The third-order valence-corrected chi connectivity index (χ3v) is 9.50. The fourth-order valence-corrected chi connectivity index (χ4v) is 6.67. The summed E-state index contributed by atoms with van der Waals surface area (Å²) >= 11 is 0. The molecule has 0 atom stereocenters. The third kappa shape index (κ3) is 6.04. The number of pyridine rings is 1. The molecule has 2 aliphatic rings. The number of aliphatic hydroxyl groups excluding tert-OH is 1. The van der Waals surface area contributed by atoms with Crippen molar-refractivity contribution in [2.75, 3.05) is 44.8 Å². The van der Waals surface area contributed by atoms with Gasteiger partial charge in [-0.15, -0.1) is 0 Å². The van der Waals surface area contributed by atoms with E-state index in [0.29, 0.717) is 43.2 Å². The Labute approximate surface area is 287 Å². The Kier molecular flexibility index (Phi) is 8.68. The summed E-state index contributed by atoms with van der Waals surface area (Å²) in [5.41, 5.74) is -1.09. The van der Waals surface area contributed by atoms with E-state index in [4.69, 9.17) is 9.47 Å². The van der Waals surface area contributed by atoms with Crippen molar-refractivity contribution >= 4 is 33.9 Å². The molecule has 2 aromatic carbocycles. The highest BCUT2D eigenvalue weighted by atomic mass is 19.4. The van der Waals surface area contributed by atoms with Gasteiger partial charge in [-0.1, -0.05) is 6.07 Å². The fraction of sp³-hybridized carbons (Fsp3) is 0.306. The number of aliphatic hydroxyl groups is 1. The summed E-state index contributed by atoms with van der Waals surface area (Å²) in [6.07, 6.45) is -0.417. The highest BCUT2D eigenvalue weighted by Crippen LogP contribution is 2.48. The molecule has 266 valence electrons. The minimum atomic E-state index is -4.77. The number of hydrogen-bond donors (Lipinski definition) is 3. The number of rotatable bonds is 9. The van der Waals surface area contributed by atoms with E-state index in [1.165, 1.54) is 34.9 Å². The number of aromatic nitrogens is 3. The standard InChI is InChI=1S/C36H32F5N5O5/c1-19-43-31-26(45(19)2)14-23(36(39,40)41)29-22-5-4-9-46-27(13-20(32(22)46)7-10-51-34(29)31)33(49)21-11-24(37)30(25(38)12-21)44-28(48)6-3-8-42-15-35(16-47)17-50-18-35/h3-6,9,11-14,42,47H,7-8,10,15-18H2,1-2H3,(H,44,48)/p+1/b6-3+. The second kappa shape index (κ2) is 12.9. The Morgan fingerprint density at radius 3 is 2.57 bits per heavy atom. The van der Waals surface area contributed by atoms with Crippen molar-refractivity contribution < 1.29 is 51.4 Å². The molecule has 0 radical (unpaired) electrons. The number of carbonyl (C=O) groups excluding carboxylic acids is 2. The largest absolute Gasteiger partial charge is 0.490 e. The number of amides is 1. The number of hydrogen-bond acceptors (Lipinski definition) is 6. The molecular formula is C36H33F5N5O5+. The zero-order valence-corrected chi connectivity index (χ0v) is 27.5. The highest BCUT2D eigenvalue weighted by Gasteiger charge is 2.40. The van der Waals surface area contributed by atoms with Gasteiger partial charge in [-0.3, -0.25) is 9.59 Å². The van der Waals surface area contributed by atoms with Gasteiger partial charge < -0.3 is 34.2 Å². The van der Waals surface area contributed by atoms with Crippen molar-refractivity contribution in [2.24, 2.45) is 12.5 Å². The van der Waals surface area contributed by atoms with E-state index < -0.39 is 40.8 Å². The molecule has 7 rings (SSSR count). The molecule has 15 heteroatoms. The normalized spacial score (nSPS) is 15.4. The molecule has 1 amide bonds. The first-order chi connectivity index (χ1) is 24.3. The quantitative estimate of drug-likeness (QED) is 0.0907. The summed E-state index contributed by atoms with van der Waals surface area (Å²) in [6, 6.07) is 7.12. The second-order valence-electron chi connectivity index (χ2n) is 12.9. The van der Waals surface area contributed by atoms with Crippen LogP contribution in [0.5, 0.6) is 5.75 Å². The summed E-state index contributed by atoms with van der Waals surface area (Å²) in [6.45, 7) is 3.50. The van der Waals surface area contributed by atoms with E-state index in [1.54, 1.807) is 18.5 Å². The average molecular weight is 711 g/mol. The molecule has 4 N–H and O–H groups in total. The van der Waals surface area contributed by atoms with Crippen LogP contribution in [0.2, 0.25) is 0 Å². The van der Waals surface area contributed by atoms with Gasteiger partial charge in [0, 0.05) is 42.4 Å². The Balaban J connectivity index is 1.19. The molecule has 0 bridgehead atoms. The molecule has 0 aliphatic carbocycles. The van der Waals surface area contributed by atoms with Gasteiger partial charge >= 0.3 is 6.18 Å². The number of quaternary nitrogens is 1. The van der Waals surface area contributed by atoms with Gasteiger partial charge in [0.1, 0.15) is 28.7 Å². The van der Waals surface area contributed by atoms with E-state index in [-0.39, 0.29) is 64.2 Å². The van der Waals surface area contributed by atoms with Gasteiger partial charge in [-0.25, -0.2) is 13.8 Å². The molecular weight excluding hydrogens is 677 g/mol. The summed E-state index contributed by atoms with van der Waals surface area (Å²) in [4.78, 5) is 30.7. The predicted octanol–water partition coefficient (Wildman–Crippen LogP) is 4.33. The molecule has 5 heterocycles. The predicted molar refractivity (Wildman–Crippen MR) is 176 cm³/mol. The van der Waals surface area contributed by atoms with Gasteiger partial charge in [0.2, 0.25) is 11.7 Å². The van der Waals surface area contributed by atoms with Crippen LogP contribution >= 0.6 is 0 Å². The first-order valence-electron chi connectivity index (χ1n) is 16.2. The molecule has 2 aliphatic heterocycles. The summed E-state index contributed by atoms with van der Waals surface area (Å²) < 4.78 is 88.6. The first-order valence-corrected chi connectivity index (χ1v) is 16.2. The van der Waals surface area contributed by atoms with E-state index in [0.717, 1.165) is 24.3 Å². The van der Waals surface area contributed by atoms with E-state index in [1.807, 2.05) is 5.32 Å². The van der Waals surface area contributed by atoms with Crippen molar-refractivity contribution in [1.82, 2.24) is 14.0 Å². The highest BCUT2D eigenvalue weighted by molar-refractivity contribution is 6.10. The lowest BCUT2D eigenvalue weighted by atomic mass is 9.87. The Bertz CT molecular complexity index is 2220. The number of alkyl halides is 3. The number of anilines is 1. The molecule has 1 saturated heterocycles. The monoisotopic (exact) mass is 710 g/mol.